The van der Waals surface area contributed by atoms with E-state index in [4.69, 9.17) is 5.11 Å². The van der Waals surface area contributed by atoms with Gasteiger partial charge in [-0.2, -0.15) is 0 Å². The van der Waals surface area contributed by atoms with Crippen molar-refractivity contribution < 1.29 is 9.90 Å². The topological polar surface area (TPSA) is 49.3 Å². The Hall–Kier alpha value is -0.280. The molecular weight excluding hydrogens is 178 g/mol. The number of hydrogen-bond acceptors (Lipinski definition) is 2. The Morgan fingerprint density at radius 3 is 2.83 bits per heavy atom. The van der Waals surface area contributed by atoms with Crippen LogP contribution in [-0.2, 0) is 4.79 Å². The number of carbonyl (C=O) groups is 1. The molecule has 0 bridgehead atoms. The van der Waals surface area contributed by atoms with Crippen molar-refractivity contribution >= 4 is 18.4 Å². The molecule has 1 saturated heterocycles. The highest BCUT2D eigenvalue weighted by Crippen LogP contribution is 2.43. The van der Waals surface area contributed by atoms with Crippen molar-refractivity contribution in [2.45, 2.75) is 12.8 Å². The van der Waals surface area contributed by atoms with Gasteiger partial charge in [-0.25, -0.2) is 0 Å². The zero-order valence-electron chi connectivity index (χ0n) is 6.82. The van der Waals surface area contributed by atoms with Crippen LogP contribution in [0, 0.1) is 17.8 Å². The van der Waals surface area contributed by atoms with Gasteiger partial charge >= 0.3 is 5.97 Å². The van der Waals surface area contributed by atoms with Crippen molar-refractivity contribution in [2.24, 2.45) is 17.8 Å². The van der Waals surface area contributed by atoms with Crippen LogP contribution in [-0.4, -0.2) is 24.2 Å². The van der Waals surface area contributed by atoms with E-state index in [1.165, 1.54) is 6.42 Å². The van der Waals surface area contributed by atoms with Crippen LogP contribution in [0.1, 0.15) is 12.8 Å². The molecule has 0 radical (unpaired) electrons. The van der Waals surface area contributed by atoms with Gasteiger partial charge in [-0.05, 0) is 37.8 Å². The minimum Gasteiger partial charge on any atom is -0.481 e. The largest absolute Gasteiger partial charge is 0.481 e. The predicted octanol–water partition coefficient (Wildman–Crippen LogP) is 0.738. The summed E-state index contributed by atoms with van der Waals surface area (Å²) in [4.78, 5) is 10.6. The number of hydrogen-bond donors (Lipinski definition) is 2. The van der Waals surface area contributed by atoms with Gasteiger partial charge in [-0.3, -0.25) is 4.79 Å². The van der Waals surface area contributed by atoms with Crippen molar-refractivity contribution in [1.82, 2.24) is 5.32 Å². The Balaban J connectivity index is 0.000000720. The fraction of sp³-hybridized carbons (Fsp3) is 0.875. The molecule has 2 rings (SSSR count). The zero-order chi connectivity index (χ0) is 7.84. The average Bonchev–Trinajstić information content (AvgIpc) is 1.90. The SMILES string of the molecule is Cl.O=C(O)C1CC2CCNCC21. The number of nitrogens with one attached hydrogen (secondary N) is 1. The van der Waals surface area contributed by atoms with E-state index in [1.807, 2.05) is 0 Å². The van der Waals surface area contributed by atoms with E-state index in [0.717, 1.165) is 19.5 Å². The van der Waals surface area contributed by atoms with Gasteiger partial charge in [0, 0.05) is 0 Å². The molecule has 1 saturated carbocycles. The van der Waals surface area contributed by atoms with Crippen LogP contribution in [0.3, 0.4) is 0 Å². The van der Waals surface area contributed by atoms with E-state index >= 15 is 0 Å². The van der Waals surface area contributed by atoms with Crippen molar-refractivity contribution in [1.29, 1.82) is 0 Å². The summed E-state index contributed by atoms with van der Waals surface area (Å²) in [6, 6.07) is 0. The van der Waals surface area contributed by atoms with E-state index in [0.29, 0.717) is 11.8 Å². The maximum absolute atomic E-state index is 10.6. The maximum Gasteiger partial charge on any atom is 0.306 e. The summed E-state index contributed by atoms with van der Waals surface area (Å²) in [6.45, 7) is 2.00. The van der Waals surface area contributed by atoms with Crippen molar-refractivity contribution in [3.05, 3.63) is 0 Å². The molecule has 3 unspecified atom stereocenters. The van der Waals surface area contributed by atoms with E-state index < -0.39 is 5.97 Å². The van der Waals surface area contributed by atoms with E-state index in [-0.39, 0.29) is 18.3 Å². The minimum absolute atomic E-state index is 0. The third-order valence-electron chi connectivity index (χ3n) is 3.07. The second-order valence-corrected chi connectivity index (χ2v) is 3.60. The summed E-state index contributed by atoms with van der Waals surface area (Å²) >= 11 is 0. The predicted molar refractivity (Wildman–Crippen MR) is 47.5 cm³/mol. The van der Waals surface area contributed by atoms with Gasteiger partial charge in [0.2, 0.25) is 0 Å². The summed E-state index contributed by atoms with van der Waals surface area (Å²) in [6.07, 6.45) is 2.09. The Bertz CT molecular complexity index is 186. The van der Waals surface area contributed by atoms with Crippen LogP contribution in [0.4, 0.5) is 0 Å². The van der Waals surface area contributed by atoms with Gasteiger partial charge in [0.1, 0.15) is 0 Å². The number of piperidine rings is 1. The minimum atomic E-state index is -0.602. The molecule has 4 heteroatoms. The molecule has 2 N–H and O–H groups in total. The monoisotopic (exact) mass is 191 g/mol. The number of halogens is 1. The molecule has 2 aliphatic rings. The molecule has 12 heavy (non-hydrogen) atoms. The fourth-order valence-corrected chi connectivity index (χ4v) is 2.29. The smallest absolute Gasteiger partial charge is 0.306 e. The standard InChI is InChI=1S/C8H13NO2.ClH/c10-8(11)6-3-5-1-2-9-4-7(5)6;/h5-7,9H,1-4H2,(H,10,11);1H. The summed E-state index contributed by atoms with van der Waals surface area (Å²) < 4.78 is 0. The van der Waals surface area contributed by atoms with E-state index in [2.05, 4.69) is 5.32 Å². The lowest BCUT2D eigenvalue weighted by atomic mass is 9.62. The third-order valence-corrected chi connectivity index (χ3v) is 3.07. The first-order chi connectivity index (χ1) is 5.29. The van der Waals surface area contributed by atoms with Crippen LogP contribution in [0.5, 0.6) is 0 Å². The molecule has 1 aliphatic heterocycles. The molecule has 1 heterocycles. The van der Waals surface area contributed by atoms with Crippen LogP contribution in [0.25, 0.3) is 0 Å². The van der Waals surface area contributed by atoms with Gasteiger partial charge in [0.05, 0.1) is 5.92 Å². The number of fused-ring (bicyclic) bond motifs is 1. The first kappa shape index (κ1) is 9.81. The summed E-state index contributed by atoms with van der Waals surface area (Å²) in [5, 5.41) is 12.0. The lowest BCUT2D eigenvalue weighted by Crippen LogP contribution is -2.51. The maximum atomic E-state index is 10.6. The van der Waals surface area contributed by atoms with Crippen molar-refractivity contribution in [2.75, 3.05) is 13.1 Å². The van der Waals surface area contributed by atoms with Gasteiger partial charge in [0.15, 0.2) is 0 Å². The summed E-state index contributed by atoms with van der Waals surface area (Å²) in [5.41, 5.74) is 0. The Morgan fingerprint density at radius 2 is 2.25 bits per heavy atom. The normalized spacial score (nSPS) is 38.8. The first-order valence-electron chi connectivity index (χ1n) is 4.22. The molecule has 2 fully saturated rings. The van der Waals surface area contributed by atoms with Crippen molar-refractivity contribution in [3.63, 3.8) is 0 Å². The third kappa shape index (κ3) is 1.43. The molecule has 3 nitrogen and oxygen atoms in total. The Morgan fingerprint density at radius 1 is 1.50 bits per heavy atom. The molecule has 0 aromatic heterocycles. The average molecular weight is 192 g/mol. The quantitative estimate of drug-likeness (QED) is 0.643. The molecule has 1 aliphatic carbocycles. The van der Waals surface area contributed by atoms with Crippen LogP contribution < -0.4 is 5.32 Å². The van der Waals surface area contributed by atoms with Gasteiger partial charge in [-0.1, -0.05) is 0 Å². The second kappa shape index (κ2) is 3.62. The van der Waals surface area contributed by atoms with Crippen molar-refractivity contribution in [3.8, 4) is 0 Å². The highest BCUT2D eigenvalue weighted by atomic mass is 35.5. The highest BCUT2D eigenvalue weighted by Gasteiger charge is 2.45. The Labute approximate surface area is 77.9 Å². The molecule has 0 aromatic rings. The number of rotatable bonds is 1. The molecular formula is C8H14ClNO2. The van der Waals surface area contributed by atoms with Crippen LogP contribution >= 0.6 is 12.4 Å². The molecule has 0 amide bonds. The van der Waals surface area contributed by atoms with Gasteiger partial charge in [0.25, 0.3) is 0 Å². The van der Waals surface area contributed by atoms with E-state index in [9.17, 15) is 4.79 Å². The second-order valence-electron chi connectivity index (χ2n) is 3.60. The lowest BCUT2D eigenvalue weighted by Gasteiger charge is -2.45. The molecule has 0 aromatic carbocycles. The summed E-state index contributed by atoms with van der Waals surface area (Å²) in [7, 11) is 0. The summed E-state index contributed by atoms with van der Waals surface area (Å²) in [5.74, 6) is 0.487. The molecule has 0 spiro atoms. The Kier molecular flexibility index (Phi) is 2.96. The number of aliphatic carboxylic acids is 1. The highest BCUT2D eigenvalue weighted by molar-refractivity contribution is 5.85. The van der Waals surface area contributed by atoms with Gasteiger partial charge in [-0.15, -0.1) is 12.4 Å². The van der Waals surface area contributed by atoms with E-state index in [1.54, 1.807) is 0 Å². The fourth-order valence-electron chi connectivity index (χ4n) is 2.29. The van der Waals surface area contributed by atoms with Gasteiger partial charge < -0.3 is 10.4 Å². The molecule has 70 valence electrons. The lowest BCUT2D eigenvalue weighted by molar-refractivity contribution is -0.152. The van der Waals surface area contributed by atoms with Crippen LogP contribution in [0.2, 0.25) is 0 Å². The number of carboxylic acids is 1. The molecule has 3 atom stereocenters. The zero-order valence-corrected chi connectivity index (χ0v) is 7.64. The van der Waals surface area contributed by atoms with Crippen LogP contribution in [0.15, 0.2) is 0 Å². The first-order valence-corrected chi connectivity index (χ1v) is 4.22. The number of carboxylic acid groups (broad SMARTS) is 1.